The van der Waals surface area contributed by atoms with E-state index in [1.807, 2.05) is 18.2 Å². The van der Waals surface area contributed by atoms with Crippen molar-refractivity contribution < 1.29 is 4.79 Å². The molecule has 0 radical (unpaired) electrons. The van der Waals surface area contributed by atoms with Gasteiger partial charge in [0.05, 0.1) is 13.1 Å². The van der Waals surface area contributed by atoms with E-state index in [1.54, 1.807) is 12.1 Å². The van der Waals surface area contributed by atoms with E-state index in [9.17, 15) is 4.79 Å². The molecule has 1 N–H and O–H groups in total. The molecule has 0 saturated heterocycles. The van der Waals surface area contributed by atoms with Gasteiger partial charge < -0.3 is 5.32 Å². The number of amides is 1. The van der Waals surface area contributed by atoms with Gasteiger partial charge in [-0.25, -0.2) is 0 Å². The largest absolute Gasteiger partial charge is 0.341 e. The van der Waals surface area contributed by atoms with Gasteiger partial charge in [-0.3, -0.25) is 9.69 Å². The first kappa shape index (κ1) is 14.3. The minimum absolute atomic E-state index is 0.0762. The first-order chi connectivity index (χ1) is 8.77. The van der Waals surface area contributed by atoms with E-state index in [2.05, 4.69) is 35.9 Å². The number of nitrogens with zero attached hydrogens (tertiary/aromatic N) is 1. The number of benzene rings is 1. The maximum absolute atomic E-state index is 11.7. The molecule has 1 aromatic carbocycles. The van der Waals surface area contributed by atoms with Crippen LogP contribution < -0.4 is 5.32 Å². The molecule has 3 nitrogen and oxygen atoms in total. The van der Waals surface area contributed by atoms with E-state index in [0.29, 0.717) is 12.1 Å². The lowest BCUT2D eigenvalue weighted by Gasteiger charge is -2.13. The van der Waals surface area contributed by atoms with E-state index in [1.165, 1.54) is 0 Å². The van der Waals surface area contributed by atoms with Crippen LogP contribution >= 0.6 is 0 Å². The summed E-state index contributed by atoms with van der Waals surface area (Å²) in [4.78, 5) is 13.9. The van der Waals surface area contributed by atoms with Gasteiger partial charge in [-0.2, -0.15) is 0 Å². The fraction of sp³-hybridized carbons (Fsp3) is 0.400. The zero-order chi connectivity index (χ0) is 13.2. The molecule has 0 aliphatic carbocycles. The summed E-state index contributed by atoms with van der Waals surface area (Å²) in [5.74, 6) is 5.94. The third-order valence-electron chi connectivity index (χ3n) is 2.70. The Kier molecular flexibility index (Phi) is 6.60. The Bertz CT molecular complexity index is 413. The lowest BCUT2D eigenvalue weighted by molar-refractivity contribution is 0.0958. The van der Waals surface area contributed by atoms with Gasteiger partial charge in [0.1, 0.15) is 0 Å². The number of carbonyl (C=O) groups is 1. The van der Waals surface area contributed by atoms with Crippen molar-refractivity contribution in [2.45, 2.75) is 13.8 Å². The molecule has 0 heterocycles. The van der Waals surface area contributed by atoms with Crippen LogP contribution in [-0.4, -0.2) is 37.0 Å². The number of hydrogen-bond donors (Lipinski definition) is 1. The maximum atomic E-state index is 11.7. The average Bonchev–Trinajstić information content (AvgIpc) is 2.43. The Balaban J connectivity index is 2.30. The predicted molar refractivity (Wildman–Crippen MR) is 74.3 cm³/mol. The van der Waals surface area contributed by atoms with E-state index in [0.717, 1.165) is 19.6 Å². The van der Waals surface area contributed by atoms with Crippen LogP contribution in [0, 0.1) is 11.8 Å². The van der Waals surface area contributed by atoms with Crippen molar-refractivity contribution in [1.29, 1.82) is 0 Å². The van der Waals surface area contributed by atoms with Crippen molar-refractivity contribution in [1.82, 2.24) is 10.2 Å². The fourth-order valence-corrected chi connectivity index (χ4v) is 1.49. The highest BCUT2D eigenvalue weighted by atomic mass is 16.1. The van der Waals surface area contributed by atoms with Crippen LogP contribution in [0.25, 0.3) is 0 Å². The molecule has 0 aliphatic rings. The Labute approximate surface area is 109 Å². The summed E-state index contributed by atoms with van der Waals surface area (Å²) >= 11 is 0. The van der Waals surface area contributed by atoms with Crippen LogP contribution in [0.1, 0.15) is 24.2 Å². The predicted octanol–water partition coefficient (Wildman–Crippen LogP) is 1.76. The van der Waals surface area contributed by atoms with Crippen LogP contribution in [0.5, 0.6) is 0 Å². The zero-order valence-electron chi connectivity index (χ0n) is 11.1. The zero-order valence-corrected chi connectivity index (χ0v) is 11.1. The van der Waals surface area contributed by atoms with Crippen LogP contribution in [0.2, 0.25) is 0 Å². The van der Waals surface area contributed by atoms with Crippen molar-refractivity contribution in [2.24, 2.45) is 0 Å². The molecule has 3 heteroatoms. The summed E-state index contributed by atoms with van der Waals surface area (Å²) in [5.41, 5.74) is 0.669. The Morgan fingerprint density at radius 3 is 2.44 bits per heavy atom. The summed E-state index contributed by atoms with van der Waals surface area (Å²) in [6.07, 6.45) is 0. The van der Waals surface area contributed by atoms with E-state index in [4.69, 9.17) is 0 Å². The van der Waals surface area contributed by atoms with Crippen LogP contribution in [-0.2, 0) is 0 Å². The number of hydrogen-bond acceptors (Lipinski definition) is 2. The molecule has 0 spiro atoms. The summed E-state index contributed by atoms with van der Waals surface area (Å²) < 4.78 is 0. The first-order valence-electron chi connectivity index (χ1n) is 6.29. The minimum Gasteiger partial charge on any atom is -0.341 e. The van der Waals surface area contributed by atoms with Gasteiger partial charge in [-0.1, -0.05) is 43.9 Å². The summed E-state index contributed by atoms with van der Waals surface area (Å²) in [7, 11) is 0. The molecular formula is C15H20N2O. The second-order valence-electron chi connectivity index (χ2n) is 3.86. The molecule has 1 aromatic rings. The fourth-order valence-electron chi connectivity index (χ4n) is 1.49. The van der Waals surface area contributed by atoms with E-state index in [-0.39, 0.29) is 5.91 Å². The van der Waals surface area contributed by atoms with Crippen molar-refractivity contribution in [2.75, 3.05) is 26.2 Å². The molecule has 0 aromatic heterocycles. The molecule has 96 valence electrons. The standard InChI is InChI=1S/C15H20N2O/c1-3-17(4-2)13-9-8-12-16-15(18)14-10-6-5-7-11-14/h5-7,10-11H,3-4,12-13H2,1-2H3,(H,16,18). The molecule has 0 fully saturated rings. The highest BCUT2D eigenvalue weighted by molar-refractivity contribution is 5.94. The van der Waals surface area contributed by atoms with Crippen molar-refractivity contribution in [3.05, 3.63) is 35.9 Å². The van der Waals surface area contributed by atoms with Crippen molar-refractivity contribution >= 4 is 5.91 Å². The Hall–Kier alpha value is -1.79. The SMILES string of the molecule is CCN(CC)CC#CCNC(=O)c1ccccc1. The third-order valence-corrected chi connectivity index (χ3v) is 2.70. The van der Waals surface area contributed by atoms with Gasteiger partial charge in [-0.05, 0) is 25.2 Å². The highest BCUT2D eigenvalue weighted by Crippen LogP contribution is 1.96. The van der Waals surface area contributed by atoms with Crippen LogP contribution in [0.3, 0.4) is 0 Å². The van der Waals surface area contributed by atoms with Crippen LogP contribution in [0.15, 0.2) is 30.3 Å². The molecule has 0 unspecified atom stereocenters. The van der Waals surface area contributed by atoms with Gasteiger partial charge >= 0.3 is 0 Å². The number of carbonyl (C=O) groups excluding carboxylic acids is 1. The number of rotatable bonds is 5. The highest BCUT2D eigenvalue weighted by Gasteiger charge is 2.01. The Morgan fingerprint density at radius 1 is 1.17 bits per heavy atom. The maximum Gasteiger partial charge on any atom is 0.252 e. The second-order valence-corrected chi connectivity index (χ2v) is 3.86. The normalized spacial score (nSPS) is 9.72. The summed E-state index contributed by atoms with van der Waals surface area (Å²) in [6, 6.07) is 9.17. The van der Waals surface area contributed by atoms with Gasteiger partial charge in [-0.15, -0.1) is 0 Å². The molecule has 1 amide bonds. The molecule has 0 atom stereocenters. The minimum atomic E-state index is -0.0762. The van der Waals surface area contributed by atoms with Crippen LogP contribution in [0.4, 0.5) is 0 Å². The lowest BCUT2D eigenvalue weighted by Crippen LogP contribution is -2.25. The van der Waals surface area contributed by atoms with Gasteiger partial charge in [0.15, 0.2) is 0 Å². The molecule has 0 aliphatic heterocycles. The van der Waals surface area contributed by atoms with E-state index >= 15 is 0 Å². The Morgan fingerprint density at radius 2 is 1.83 bits per heavy atom. The lowest BCUT2D eigenvalue weighted by atomic mass is 10.2. The van der Waals surface area contributed by atoms with Gasteiger partial charge in [0, 0.05) is 5.56 Å². The first-order valence-corrected chi connectivity index (χ1v) is 6.29. The summed E-state index contributed by atoms with van der Waals surface area (Å²) in [6.45, 7) is 7.39. The van der Waals surface area contributed by atoms with Crippen molar-refractivity contribution in [3.8, 4) is 11.8 Å². The molecule has 1 rings (SSSR count). The van der Waals surface area contributed by atoms with Gasteiger partial charge in [0.25, 0.3) is 5.91 Å². The number of nitrogens with one attached hydrogen (secondary N) is 1. The quantitative estimate of drug-likeness (QED) is 0.801. The summed E-state index contributed by atoms with van der Waals surface area (Å²) in [5, 5.41) is 2.78. The topological polar surface area (TPSA) is 32.3 Å². The molecule has 18 heavy (non-hydrogen) atoms. The van der Waals surface area contributed by atoms with Gasteiger partial charge in [0.2, 0.25) is 0 Å². The monoisotopic (exact) mass is 244 g/mol. The third kappa shape index (κ3) is 5.03. The average molecular weight is 244 g/mol. The molecular weight excluding hydrogens is 224 g/mol. The second kappa shape index (κ2) is 8.32. The van der Waals surface area contributed by atoms with Crippen molar-refractivity contribution in [3.63, 3.8) is 0 Å². The molecule has 0 saturated carbocycles. The molecule has 0 bridgehead atoms. The van der Waals surface area contributed by atoms with E-state index < -0.39 is 0 Å². The smallest absolute Gasteiger partial charge is 0.252 e.